The molecule has 1 atom stereocenters. The second-order valence-corrected chi connectivity index (χ2v) is 7.98. The molecular formula is C24H50O3. The van der Waals surface area contributed by atoms with Crippen molar-refractivity contribution >= 4 is 0 Å². The molecule has 0 N–H and O–H groups in total. The molecule has 0 spiro atoms. The van der Waals surface area contributed by atoms with Crippen LogP contribution in [0.2, 0.25) is 0 Å². The highest BCUT2D eigenvalue weighted by atomic mass is 16.7. The van der Waals surface area contributed by atoms with Crippen LogP contribution in [-0.4, -0.2) is 31.7 Å². The number of methoxy groups -OCH3 is 1. The molecule has 0 saturated carbocycles. The first-order valence-electron chi connectivity index (χ1n) is 11.9. The van der Waals surface area contributed by atoms with Crippen molar-refractivity contribution in [2.75, 3.05) is 20.3 Å². The van der Waals surface area contributed by atoms with E-state index in [1.54, 1.807) is 0 Å². The molecule has 0 heterocycles. The minimum absolute atomic E-state index is 0.345. The molecule has 0 radical (unpaired) electrons. The Morgan fingerprint density at radius 2 is 1.07 bits per heavy atom. The zero-order chi connectivity index (χ0) is 20.4. The minimum Gasteiger partial charge on any atom is -0.373 e. The van der Waals surface area contributed by atoms with E-state index in [1.807, 2.05) is 7.11 Å². The SMILES string of the molecule is CCCCCCCCC(CCC)(OC)C(CC)(OCCCC)OCCCC. The second-order valence-electron chi connectivity index (χ2n) is 7.98. The van der Waals surface area contributed by atoms with Crippen molar-refractivity contribution in [2.24, 2.45) is 0 Å². The molecule has 3 heteroatoms. The van der Waals surface area contributed by atoms with E-state index < -0.39 is 5.79 Å². The molecule has 1 unspecified atom stereocenters. The van der Waals surface area contributed by atoms with E-state index in [9.17, 15) is 0 Å². The van der Waals surface area contributed by atoms with E-state index in [0.717, 1.165) is 64.6 Å². The highest BCUT2D eigenvalue weighted by molar-refractivity contribution is 4.96. The van der Waals surface area contributed by atoms with Crippen LogP contribution < -0.4 is 0 Å². The highest BCUT2D eigenvalue weighted by Crippen LogP contribution is 2.42. The van der Waals surface area contributed by atoms with Crippen LogP contribution in [0.15, 0.2) is 0 Å². The summed E-state index contributed by atoms with van der Waals surface area (Å²) in [4.78, 5) is 0. The van der Waals surface area contributed by atoms with Crippen LogP contribution in [0, 0.1) is 0 Å². The van der Waals surface area contributed by atoms with Gasteiger partial charge in [-0.15, -0.1) is 0 Å². The summed E-state index contributed by atoms with van der Waals surface area (Å²) in [6.45, 7) is 12.6. The van der Waals surface area contributed by atoms with E-state index in [-0.39, 0.29) is 5.60 Å². The van der Waals surface area contributed by atoms with E-state index in [2.05, 4.69) is 34.6 Å². The van der Waals surface area contributed by atoms with Gasteiger partial charge in [-0.25, -0.2) is 0 Å². The number of hydrogen-bond acceptors (Lipinski definition) is 3. The van der Waals surface area contributed by atoms with Crippen LogP contribution in [0.5, 0.6) is 0 Å². The summed E-state index contributed by atoms with van der Waals surface area (Å²) in [7, 11) is 1.86. The molecule has 0 aliphatic heterocycles. The summed E-state index contributed by atoms with van der Waals surface area (Å²) in [6.07, 6.45) is 16.1. The van der Waals surface area contributed by atoms with Crippen molar-refractivity contribution in [3.05, 3.63) is 0 Å². The molecule has 0 rings (SSSR count). The van der Waals surface area contributed by atoms with Gasteiger partial charge in [0.15, 0.2) is 5.79 Å². The number of unbranched alkanes of at least 4 members (excludes halogenated alkanes) is 7. The van der Waals surface area contributed by atoms with Crippen LogP contribution in [0.3, 0.4) is 0 Å². The lowest BCUT2D eigenvalue weighted by atomic mass is 9.81. The molecule has 3 nitrogen and oxygen atoms in total. The van der Waals surface area contributed by atoms with Crippen LogP contribution in [-0.2, 0) is 14.2 Å². The Morgan fingerprint density at radius 3 is 1.52 bits per heavy atom. The first kappa shape index (κ1) is 26.9. The van der Waals surface area contributed by atoms with E-state index in [0.29, 0.717) is 0 Å². The molecule has 0 amide bonds. The van der Waals surface area contributed by atoms with Gasteiger partial charge in [-0.05, 0) is 25.7 Å². The standard InChI is InChI=1S/C24H50O3/c1-7-12-15-16-17-18-20-23(25-6,19-10-4)24(11-5,26-21-13-8-2)27-22-14-9-3/h7-22H2,1-6H3. The zero-order valence-corrected chi connectivity index (χ0v) is 19.5. The smallest absolute Gasteiger partial charge is 0.197 e. The quantitative estimate of drug-likeness (QED) is 0.159. The Kier molecular flexibility index (Phi) is 16.7. The van der Waals surface area contributed by atoms with E-state index >= 15 is 0 Å². The maximum absolute atomic E-state index is 6.52. The highest BCUT2D eigenvalue weighted by Gasteiger charge is 2.52. The summed E-state index contributed by atoms with van der Waals surface area (Å²) in [5.74, 6) is -0.620. The Bertz CT molecular complexity index is 309. The lowest BCUT2D eigenvalue weighted by Gasteiger charge is -2.49. The normalized spacial score (nSPS) is 14.4. The van der Waals surface area contributed by atoms with Gasteiger partial charge in [-0.1, -0.05) is 92.4 Å². The van der Waals surface area contributed by atoms with Gasteiger partial charge in [-0.2, -0.15) is 0 Å². The van der Waals surface area contributed by atoms with Crippen LogP contribution in [0.1, 0.15) is 125 Å². The average Bonchev–Trinajstić information content (AvgIpc) is 2.69. The summed E-state index contributed by atoms with van der Waals surface area (Å²) in [6, 6.07) is 0. The summed E-state index contributed by atoms with van der Waals surface area (Å²) in [5.41, 5.74) is -0.345. The van der Waals surface area contributed by atoms with Gasteiger partial charge >= 0.3 is 0 Å². The lowest BCUT2D eigenvalue weighted by molar-refractivity contribution is -0.333. The third-order valence-electron chi connectivity index (χ3n) is 5.80. The van der Waals surface area contributed by atoms with Crippen molar-refractivity contribution in [2.45, 2.75) is 136 Å². The predicted molar refractivity (Wildman–Crippen MR) is 117 cm³/mol. The molecule has 0 aromatic rings. The van der Waals surface area contributed by atoms with Gasteiger partial charge in [0.25, 0.3) is 0 Å². The maximum atomic E-state index is 6.52. The summed E-state index contributed by atoms with van der Waals surface area (Å²) >= 11 is 0. The van der Waals surface area contributed by atoms with Crippen molar-refractivity contribution in [1.29, 1.82) is 0 Å². The van der Waals surface area contributed by atoms with Crippen LogP contribution in [0.4, 0.5) is 0 Å². The largest absolute Gasteiger partial charge is 0.373 e. The Hall–Kier alpha value is -0.120. The fraction of sp³-hybridized carbons (Fsp3) is 1.00. The average molecular weight is 387 g/mol. The number of ether oxygens (including phenoxy) is 3. The summed E-state index contributed by atoms with van der Waals surface area (Å²) in [5, 5.41) is 0. The van der Waals surface area contributed by atoms with Crippen molar-refractivity contribution in [3.8, 4) is 0 Å². The van der Waals surface area contributed by atoms with Crippen molar-refractivity contribution in [3.63, 3.8) is 0 Å². The monoisotopic (exact) mass is 386 g/mol. The molecule has 164 valence electrons. The molecule has 0 aromatic heterocycles. The van der Waals surface area contributed by atoms with Gasteiger partial charge in [0.1, 0.15) is 5.60 Å². The minimum atomic E-state index is -0.620. The van der Waals surface area contributed by atoms with E-state index in [1.165, 1.54) is 38.5 Å². The topological polar surface area (TPSA) is 27.7 Å². The molecule has 0 aromatic carbocycles. The molecule has 0 aliphatic carbocycles. The van der Waals surface area contributed by atoms with Crippen molar-refractivity contribution in [1.82, 2.24) is 0 Å². The second kappa shape index (κ2) is 16.8. The summed E-state index contributed by atoms with van der Waals surface area (Å²) < 4.78 is 19.3. The maximum Gasteiger partial charge on any atom is 0.197 e. The predicted octanol–water partition coefficient (Wildman–Crippen LogP) is 7.66. The molecular weight excluding hydrogens is 336 g/mol. The van der Waals surface area contributed by atoms with Gasteiger partial charge in [0, 0.05) is 13.5 Å². The molecule has 27 heavy (non-hydrogen) atoms. The first-order valence-corrected chi connectivity index (χ1v) is 11.9. The third-order valence-corrected chi connectivity index (χ3v) is 5.80. The first-order chi connectivity index (χ1) is 13.1. The fourth-order valence-corrected chi connectivity index (χ4v) is 4.05. The number of hydrogen-bond donors (Lipinski definition) is 0. The van der Waals surface area contributed by atoms with Crippen LogP contribution >= 0.6 is 0 Å². The van der Waals surface area contributed by atoms with E-state index in [4.69, 9.17) is 14.2 Å². The Labute approximate surface area is 170 Å². The molecule has 0 saturated heterocycles. The molecule has 0 fully saturated rings. The van der Waals surface area contributed by atoms with Gasteiger partial charge in [0.05, 0.1) is 13.2 Å². The molecule has 0 bridgehead atoms. The third kappa shape index (κ3) is 9.28. The molecule has 0 aliphatic rings. The fourth-order valence-electron chi connectivity index (χ4n) is 4.05. The lowest BCUT2D eigenvalue weighted by Crippen LogP contribution is -2.59. The Morgan fingerprint density at radius 1 is 0.556 bits per heavy atom. The van der Waals surface area contributed by atoms with Crippen molar-refractivity contribution < 1.29 is 14.2 Å². The number of rotatable bonds is 20. The van der Waals surface area contributed by atoms with Gasteiger partial charge in [0.2, 0.25) is 0 Å². The van der Waals surface area contributed by atoms with Gasteiger partial charge < -0.3 is 14.2 Å². The van der Waals surface area contributed by atoms with Gasteiger partial charge in [-0.3, -0.25) is 0 Å². The Balaban J connectivity index is 5.27. The van der Waals surface area contributed by atoms with Crippen LogP contribution in [0.25, 0.3) is 0 Å². The zero-order valence-electron chi connectivity index (χ0n) is 19.5.